The number of hydrogen-bond acceptors (Lipinski definition) is 3. The molecule has 0 bridgehead atoms. The van der Waals surface area contributed by atoms with Crippen LogP contribution in [-0.4, -0.2) is 34.3 Å². The van der Waals surface area contributed by atoms with Gasteiger partial charge in [0.2, 0.25) is 5.91 Å². The van der Waals surface area contributed by atoms with Crippen LogP contribution in [0.4, 0.5) is 0 Å². The summed E-state index contributed by atoms with van der Waals surface area (Å²) in [6, 6.07) is 7.96. The predicted molar refractivity (Wildman–Crippen MR) is 85.6 cm³/mol. The number of hydrogen-bond donors (Lipinski definition) is 0. The maximum Gasteiger partial charge on any atom is 0.223 e. The number of likely N-dealkylation sites (tertiary alicyclic amines) is 1. The highest BCUT2D eigenvalue weighted by atomic mass is 35.5. The molecule has 1 unspecified atom stereocenters. The van der Waals surface area contributed by atoms with E-state index in [4.69, 9.17) is 11.6 Å². The number of amides is 1. The quantitative estimate of drug-likeness (QED) is 0.853. The maximum absolute atomic E-state index is 12.1. The van der Waals surface area contributed by atoms with Crippen LogP contribution in [-0.2, 0) is 15.0 Å². The molecule has 1 saturated heterocycles. The van der Waals surface area contributed by atoms with Crippen molar-refractivity contribution in [3.05, 3.63) is 34.9 Å². The van der Waals surface area contributed by atoms with Gasteiger partial charge in [-0.1, -0.05) is 35.5 Å². The van der Waals surface area contributed by atoms with E-state index in [1.807, 2.05) is 17.0 Å². The zero-order valence-corrected chi connectivity index (χ0v) is 13.5. The smallest absolute Gasteiger partial charge is 0.223 e. The van der Waals surface area contributed by atoms with Crippen LogP contribution in [0.5, 0.6) is 0 Å². The summed E-state index contributed by atoms with van der Waals surface area (Å²) in [4.78, 5) is 25.3. The van der Waals surface area contributed by atoms with Gasteiger partial charge in [-0.3, -0.25) is 9.59 Å². The molecular formula is C16H18ClNO2S. The SMILES string of the molecule is CC(=O)SC1CC(=O)N(CC2(c3ccc(Cl)cc3)CC2)C1. The van der Waals surface area contributed by atoms with Gasteiger partial charge in [0.05, 0.1) is 0 Å². The van der Waals surface area contributed by atoms with E-state index < -0.39 is 0 Å². The van der Waals surface area contributed by atoms with Crippen molar-refractivity contribution >= 4 is 34.4 Å². The van der Waals surface area contributed by atoms with Crippen molar-refractivity contribution < 1.29 is 9.59 Å². The highest BCUT2D eigenvalue weighted by Gasteiger charge is 2.47. The van der Waals surface area contributed by atoms with Crippen molar-refractivity contribution in [2.75, 3.05) is 13.1 Å². The second-order valence-corrected chi connectivity index (χ2v) is 7.91. The predicted octanol–water partition coefficient (Wildman–Crippen LogP) is 3.25. The molecule has 0 spiro atoms. The van der Waals surface area contributed by atoms with Gasteiger partial charge in [-0.15, -0.1) is 0 Å². The van der Waals surface area contributed by atoms with Gasteiger partial charge < -0.3 is 4.90 Å². The molecule has 1 saturated carbocycles. The number of halogens is 1. The average Bonchev–Trinajstić information content (AvgIpc) is 3.11. The van der Waals surface area contributed by atoms with Crippen molar-refractivity contribution in [1.29, 1.82) is 0 Å². The molecule has 1 atom stereocenters. The lowest BCUT2D eigenvalue weighted by Gasteiger charge is -2.24. The van der Waals surface area contributed by atoms with Gasteiger partial charge in [0, 0.05) is 42.1 Å². The molecule has 5 heteroatoms. The van der Waals surface area contributed by atoms with Gasteiger partial charge in [0.1, 0.15) is 0 Å². The first kappa shape index (κ1) is 14.9. The summed E-state index contributed by atoms with van der Waals surface area (Å²) in [6.45, 7) is 3.02. The van der Waals surface area contributed by atoms with Crippen molar-refractivity contribution in [2.24, 2.45) is 0 Å². The van der Waals surface area contributed by atoms with E-state index in [0.717, 1.165) is 24.4 Å². The van der Waals surface area contributed by atoms with Crippen LogP contribution in [0.2, 0.25) is 5.02 Å². The van der Waals surface area contributed by atoms with Gasteiger partial charge in [-0.2, -0.15) is 0 Å². The Hall–Kier alpha value is -1.00. The third-order valence-corrected chi connectivity index (χ3v) is 5.55. The lowest BCUT2D eigenvalue weighted by molar-refractivity contribution is -0.128. The van der Waals surface area contributed by atoms with E-state index >= 15 is 0 Å². The summed E-state index contributed by atoms with van der Waals surface area (Å²) >= 11 is 7.24. The molecule has 0 radical (unpaired) electrons. The Bertz CT molecular complexity index is 568. The molecule has 0 aromatic heterocycles. The number of benzene rings is 1. The van der Waals surface area contributed by atoms with E-state index in [9.17, 15) is 9.59 Å². The zero-order chi connectivity index (χ0) is 15.0. The number of carbonyl (C=O) groups excluding carboxylic acids is 2. The highest BCUT2D eigenvalue weighted by Crippen LogP contribution is 2.49. The van der Waals surface area contributed by atoms with Crippen molar-refractivity contribution in [2.45, 2.75) is 36.9 Å². The minimum Gasteiger partial charge on any atom is -0.341 e. The van der Waals surface area contributed by atoms with Crippen molar-refractivity contribution in [3.63, 3.8) is 0 Å². The molecule has 0 N–H and O–H groups in total. The summed E-state index contributed by atoms with van der Waals surface area (Å²) in [5.74, 6) is 0.175. The number of rotatable bonds is 4. The zero-order valence-electron chi connectivity index (χ0n) is 12.0. The Morgan fingerprint density at radius 3 is 2.62 bits per heavy atom. The summed E-state index contributed by atoms with van der Waals surface area (Å²) in [5.41, 5.74) is 1.37. The summed E-state index contributed by atoms with van der Waals surface area (Å²) < 4.78 is 0. The molecule has 21 heavy (non-hydrogen) atoms. The normalized spacial score (nSPS) is 23.4. The van der Waals surface area contributed by atoms with Crippen LogP contribution < -0.4 is 0 Å². The minimum atomic E-state index is 0.0912. The monoisotopic (exact) mass is 323 g/mol. The fourth-order valence-corrected chi connectivity index (χ4v) is 4.14. The lowest BCUT2D eigenvalue weighted by Crippen LogP contribution is -2.34. The third-order valence-electron chi connectivity index (χ3n) is 4.32. The van der Waals surface area contributed by atoms with E-state index in [1.165, 1.54) is 17.3 Å². The minimum absolute atomic E-state index is 0.0912. The van der Waals surface area contributed by atoms with Gasteiger partial charge in [0.15, 0.2) is 5.12 Å². The Kier molecular flexibility index (Phi) is 4.02. The molecular weight excluding hydrogens is 306 g/mol. The number of thioether (sulfide) groups is 1. The Morgan fingerprint density at radius 2 is 2.05 bits per heavy atom. The Labute approximate surface area is 134 Å². The van der Waals surface area contributed by atoms with E-state index in [1.54, 1.807) is 6.92 Å². The van der Waals surface area contributed by atoms with Crippen LogP contribution in [0.25, 0.3) is 0 Å². The largest absolute Gasteiger partial charge is 0.341 e. The first-order chi connectivity index (χ1) is 9.98. The average molecular weight is 324 g/mol. The second-order valence-electron chi connectivity index (χ2n) is 6.00. The molecule has 1 aliphatic carbocycles. The maximum atomic E-state index is 12.1. The molecule has 2 aliphatic rings. The molecule has 1 aliphatic heterocycles. The summed E-state index contributed by atoms with van der Waals surface area (Å²) in [5, 5.41) is 0.953. The molecule has 112 valence electrons. The first-order valence-corrected chi connectivity index (χ1v) is 8.45. The molecule has 2 fully saturated rings. The van der Waals surface area contributed by atoms with Gasteiger partial charge in [-0.25, -0.2) is 0 Å². The van der Waals surface area contributed by atoms with Gasteiger partial charge in [-0.05, 0) is 30.5 Å². The van der Waals surface area contributed by atoms with Crippen LogP contribution in [0, 0.1) is 0 Å². The topological polar surface area (TPSA) is 37.4 Å². The van der Waals surface area contributed by atoms with Crippen LogP contribution >= 0.6 is 23.4 Å². The van der Waals surface area contributed by atoms with E-state index in [2.05, 4.69) is 12.1 Å². The summed E-state index contributed by atoms with van der Waals surface area (Å²) in [6.07, 6.45) is 2.72. The fourth-order valence-electron chi connectivity index (χ4n) is 3.06. The number of nitrogens with zero attached hydrogens (tertiary/aromatic N) is 1. The standard InChI is InChI=1S/C16H18ClNO2S/c1-11(19)21-14-8-15(20)18(9-14)10-16(6-7-16)12-2-4-13(17)5-3-12/h2-5,14H,6-10H2,1H3. The highest BCUT2D eigenvalue weighted by molar-refractivity contribution is 8.14. The van der Waals surface area contributed by atoms with Crippen LogP contribution in [0.15, 0.2) is 24.3 Å². The van der Waals surface area contributed by atoms with E-state index in [0.29, 0.717) is 13.0 Å². The van der Waals surface area contributed by atoms with Crippen molar-refractivity contribution in [3.8, 4) is 0 Å². The van der Waals surface area contributed by atoms with E-state index in [-0.39, 0.29) is 21.7 Å². The molecule has 1 amide bonds. The van der Waals surface area contributed by atoms with Gasteiger partial charge in [0.25, 0.3) is 0 Å². The lowest BCUT2D eigenvalue weighted by atomic mass is 9.95. The van der Waals surface area contributed by atoms with Gasteiger partial charge >= 0.3 is 0 Å². The fraction of sp³-hybridized carbons (Fsp3) is 0.500. The molecule has 1 aromatic carbocycles. The first-order valence-electron chi connectivity index (χ1n) is 7.20. The van der Waals surface area contributed by atoms with Crippen LogP contribution in [0.1, 0.15) is 31.7 Å². The molecule has 3 nitrogen and oxygen atoms in total. The summed E-state index contributed by atoms with van der Waals surface area (Å²) in [7, 11) is 0. The molecule has 1 heterocycles. The van der Waals surface area contributed by atoms with Crippen molar-refractivity contribution in [1.82, 2.24) is 4.90 Å². The van der Waals surface area contributed by atoms with Crippen LogP contribution in [0.3, 0.4) is 0 Å². The molecule has 3 rings (SSSR count). The third kappa shape index (κ3) is 3.27. The Morgan fingerprint density at radius 1 is 1.38 bits per heavy atom. The second kappa shape index (κ2) is 5.65. The Balaban J connectivity index is 1.67. The number of carbonyl (C=O) groups is 2. The molecule has 1 aromatic rings.